The summed E-state index contributed by atoms with van der Waals surface area (Å²) in [5, 5.41) is 0. The van der Waals surface area contributed by atoms with Gasteiger partial charge in [0.2, 0.25) is 0 Å². The van der Waals surface area contributed by atoms with Crippen LogP contribution in [0.4, 0.5) is 0 Å². The minimum absolute atomic E-state index is 0.133. The summed E-state index contributed by atoms with van der Waals surface area (Å²) in [5.74, 6) is 0.932. The van der Waals surface area contributed by atoms with Crippen molar-refractivity contribution in [3.05, 3.63) is 53.9 Å². The van der Waals surface area contributed by atoms with E-state index in [0.717, 1.165) is 42.2 Å². The number of ether oxygens (including phenoxy) is 1. The molecule has 0 radical (unpaired) electrons. The molecule has 0 aliphatic rings. The number of aryl methyl sites for hydroxylation is 2. The van der Waals surface area contributed by atoms with Crippen LogP contribution in [0.1, 0.15) is 64.1 Å². The van der Waals surface area contributed by atoms with Crippen molar-refractivity contribution < 1.29 is 4.74 Å². The summed E-state index contributed by atoms with van der Waals surface area (Å²) in [6, 6.07) is 12.6. The van der Waals surface area contributed by atoms with Crippen LogP contribution >= 0.6 is 0 Å². The maximum atomic E-state index is 6.42. The van der Waals surface area contributed by atoms with Crippen molar-refractivity contribution in [2.75, 3.05) is 13.1 Å². The van der Waals surface area contributed by atoms with Gasteiger partial charge < -0.3 is 9.14 Å². The molecule has 0 saturated carbocycles. The molecule has 1 unspecified atom stereocenters. The number of imidazole rings is 1. The number of nitrogens with zero attached hydrogens (tertiary/aromatic N) is 3. The van der Waals surface area contributed by atoms with Crippen LogP contribution in [0.3, 0.4) is 0 Å². The smallest absolute Gasteiger partial charge is 0.152 e. The third kappa shape index (κ3) is 5.04. The van der Waals surface area contributed by atoms with E-state index in [1.54, 1.807) is 0 Å². The quantitative estimate of drug-likeness (QED) is 0.334. The summed E-state index contributed by atoms with van der Waals surface area (Å²) in [6.07, 6.45) is 8.06. The molecule has 0 N–H and O–H groups in total. The standard InChI is InChI=1S/C26H37N3O/c1-6-9-17-28(18-10-7-2)24(8-3)30-23-15-13-22(14-16-23)25-21(5)29-19-11-12-20(4)26(29)27-25/h11-16,19,24H,6-10,17-18H2,1-5H3. The van der Waals surface area contributed by atoms with Gasteiger partial charge in [0.25, 0.3) is 0 Å². The Morgan fingerprint density at radius 3 is 2.20 bits per heavy atom. The zero-order valence-electron chi connectivity index (χ0n) is 19.3. The topological polar surface area (TPSA) is 29.8 Å². The van der Waals surface area contributed by atoms with Crippen LogP contribution in [0.15, 0.2) is 42.6 Å². The lowest BCUT2D eigenvalue weighted by atomic mass is 10.1. The monoisotopic (exact) mass is 407 g/mol. The van der Waals surface area contributed by atoms with Gasteiger partial charge in [-0.05, 0) is 69.0 Å². The van der Waals surface area contributed by atoms with Gasteiger partial charge in [-0.25, -0.2) is 4.98 Å². The minimum atomic E-state index is 0.133. The molecule has 0 aliphatic heterocycles. The minimum Gasteiger partial charge on any atom is -0.475 e. The Morgan fingerprint density at radius 1 is 0.967 bits per heavy atom. The lowest BCUT2D eigenvalue weighted by Crippen LogP contribution is -2.40. The first-order valence-corrected chi connectivity index (χ1v) is 11.5. The molecule has 4 nitrogen and oxygen atoms in total. The van der Waals surface area contributed by atoms with Crippen molar-refractivity contribution in [2.45, 2.75) is 73.0 Å². The van der Waals surface area contributed by atoms with Gasteiger partial charge in [0, 0.05) is 30.5 Å². The van der Waals surface area contributed by atoms with E-state index in [1.165, 1.54) is 36.9 Å². The molecule has 0 aliphatic carbocycles. The second-order valence-corrected chi connectivity index (χ2v) is 8.18. The van der Waals surface area contributed by atoms with E-state index < -0.39 is 0 Å². The molecule has 2 aromatic heterocycles. The van der Waals surface area contributed by atoms with Gasteiger partial charge in [-0.1, -0.05) is 39.7 Å². The van der Waals surface area contributed by atoms with Crippen molar-refractivity contribution in [1.29, 1.82) is 0 Å². The van der Waals surface area contributed by atoms with Gasteiger partial charge in [-0.2, -0.15) is 0 Å². The highest BCUT2D eigenvalue weighted by Crippen LogP contribution is 2.27. The summed E-state index contributed by atoms with van der Waals surface area (Å²) in [4.78, 5) is 7.41. The number of pyridine rings is 1. The Bertz CT molecular complexity index is 921. The lowest BCUT2D eigenvalue weighted by molar-refractivity contribution is 0.0202. The molecule has 1 aromatic carbocycles. The van der Waals surface area contributed by atoms with Crippen LogP contribution < -0.4 is 4.74 Å². The van der Waals surface area contributed by atoms with Crippen molar-refractivity contribution in [3.8, 4) is 17.0 Å². The largest absolute Gasteiger partial charge is 0.475 e. The van der Waals surface area contributed by atoms with Gasteiger partial charge in [0.15, 0.2) is 6.23 Å². The molecular weight excluding hydrogens is 370 g/mol. The molecule has 30 heavy (non-hydrogen) atoms. The SMILES string of the molecule is CCCCN(CCCC)C(CC)Oc1ccc(-c2nc3c(C)cccn3c2C)cc1. The van der Waals surface area contributed by atoms with Crippen molar-refractivity contribution in [3.63, 3.8) is 0 Å². The van der Waals surface area contributed by atoms with E-state index in [0.29, 0.717) is 0 Å². The molecule has 4 heteroatoms. The van der Waals surface area contributed by atoms with E-state index in [4.69, 9.17) is 9.72 Å². The highest BCUT2D eigenvalue weighted by Gasteiger charge is 2.18. The van der Waals surface area contributed by atoms with E-state index in [2.05, 4.69) is 86.5 Å². The van der Waals surface area contributed by atoms with Gasteiger partial charge in [-0.3, -0.25) is 4.90 Å². The number of aromatic nitrogens is 2. The maximum absolute atomic E-state index is 6.42. The molecule has 2 heterocycles. The fourth-order valence-corrected chi connectivity index (χ4v) is 3.98. The fraction of sp³-hybridized carbons (Fsp3) is 0.500. The molecule has 3 aromatic rings. The second kappa shape index (κ2) is 10.6. The number of rotatable bonds is 11. The molecule has 1 atom stereocenters. The molecule has 0 fully saturated rings. The first-order chi connectivity index (χ1) is 14.6. The van der Waals surface area contributed by atoms with Crippen LogP contribution in [-0.2, 0) is 0 Å². The number of unbranched alkanes of at least 4 members (excludes halogenated alkanes) is 2. The first-order valence-electron chi connectivity index (χ1n) is 11.5. The Balaban J connectivity index is 1.77. The number of hydrogen-bond acceptors (Lipinski definition) is 3. The predicted octanol–water partition coefficient (Wildman–Crippen LogP) is 6.64. The Labute approximate surface area is 181 Å². The van der Waals surface area contributed by atoms with Gasteiger partial charge in [0.05, 0.1) is 5.69 Å². The van der Waals surface area contributed by atoms with Crippen LogP contribution in [0.2, 0.25) is 0 Å². The van der Waals surface area contributed by atoms with E-state index in [-0.39, 0.29) is 6.23 Å². The second-order valence-electron chi connectivity index (χ2n) is 8.18. The molecule has 0 saturated heterocycles. The maximum Gasteiger partial charge on any atom is 0.152 e. The molecule has 0 amide bonds. The predicted molar refractivity (Wildman–Crippen MR) is 126 cm³/mol. The third-order valence-corrected chi connectivity index (χ3v) is 5.84. The highest BCUT2D eigenvalue weighted by molar-refractivity contribution is 5.68. The van der Waals surface area contributed by atoms with Crippen LogP contribution in [-0.4, -0.2) is 33.6 Å². The summed E-state index contributed by atoms with van der Waals surface area (Å²) in [6.45, 7) is 13.2. The zero-order valence-corrected chi connectivity index (χ0v) is 19.3. The van der Waals surface area contributed by atoms with Crippen LogP contribution in [0.25, 0.3) is 16.9 Å². The first kappa shape index (κ1) is 22.4. The zero-order chi connectivity index (χ0) is 21.5. The third-order valence-electron chi connectivity index (χ3n) is 5.84. The summed E-state index contributed by atoms with van der Waals surface area (Å²) in [7, 11) is 0. The number of benzene rings is 1. The number of fused-ring (bicyclic) bond motifs is 1. The van der Waals surface area contributed by atoms with Gasteiger partial charge in [0.1, 0.15) is 11.4 Å². The summed E-state index contributed by atoms with van der Waals surface area (Å²) >= 11 is 0. The van der Waals surface area contributed by atoms with E-state index >= 15 is 0 Å². The van der Waals surface area contributed by atoms with E-state index in [9.17, 15) is 0 Å². The summed E-state index contributed by atoms with van der Waals surface area (Å²) < 4.78 is 8.59. The molecule has 0 bridgehead atoms. The lowest BCUT2D eigenvalue weighted by Gasteiger charge is -2.31. The average Bonchev–Trinajstić information content (AvgIpc) is 3.11. The Hall–Kier alpha value is -2.33. The number of hydrogen-bond donors (Lipinski definition) is 0. The fourth-order valence-electron chi connectivity index (χ4n) is 3.98. The van der Waals surface area contributed by atoms with E-state index in [1.807, 2.05) is 0 Å². The summed E-state index contributed by atoms with van der Waals surface area (Å²) in [5.41, 5.74) is 5.55. The molecule has 162 valence electrons. The highest BCUT2D eigenvalue weighted by atomic mass is 16.5. The van der Waals surface area contributed by atoms with Crippen LogP contribution in [0.5, 0.6) is 5.75 Å². The Kier molecular flexibility index (Phi) is 7.92. The van der Waals surface area contributed by atoms with Crippen molar-refractivity contribution in [2.24, 2.45) is 0 Å². The van der Waals surface area contributed by atoms with Gasteiger partial charge >= 0.3 is 0 Å². The van der Waals surface area contributed by atoms with Crippen LogP contribution in [0, 0.1) is 13.8 Å². The molecule has 3 rings (SSSR count). The van der Waals surface area contributed by atoms with Gasteiger partial charge in [-0.15, -0.1) is 0 Å². The Morgan fingerprint density at radius 2 is 1.63 bits per heavy atom. The molecule has 0 spiro atoms. The van der Waals surface area contributed by atoms with Crippen molar-refractivity contribution >= 4 is 5.65 Å². The normalized spacial score (nSPS) is 12.6. The average molecular weight is 408 g/mol. The molecular formula is C26H37N3O. The van der Waals surface area contributed by atoms with Crippen molar-refractivity contribution in [1.82, 2.24) is 14.3 Å².